The van der Waals surface area contributed by atoms with Gasteiger partial charge in [0.2, 0.25) is 5.91 Å². The number of aryl methyl sites for hydroxylation is 2. The number of amides is 1. The third-order valence-electron chi connectivity index (χ3n) is 7.00. The van der Waals surface area contributed by atoms with E-state index in [-0.39, 0.29) is 23.8 Å². The van der Waals surface area contributed by atoms with Crippen molar-refractivity contribution in [1.29, 1.82) is 0 Å². The second kappa shape index (κ2) is 9.18. The molecule has 0 aliphatic heterocycles. The Labute approximate surface area is 201 Å². The van der Waals surface area contributed by atoms with Gasteiger partial charge < -0.3 is 10.4 Å². The summed E-state index contributed by atoms with van der Waals surface area (Å²) >= 11 is 0. The summed E-state index contributed by atoms with van der Waals surface area (Å²) in [6.45, 7) is 3.87. The van der Waals surface area contributed by atoms with Gasteiger partial charge in [0.05, 0.1) is 12.0 Å². The molecule has 3 nitrogen and oxygen atoms in total. The lowest BCUT2D eigenvalue weighted by Crippen LogP contribution is -2.35. The average Bonchev–Trinajstić information content (AvgIpc) is 3.22. The van der Waals surface area contributed by atoms with E-state index in [1.165, 1.54) is 11.1 Å². The molecule has 0 spiro atoms. The number of phenols is 1. The summed E-state index contributed by atoms with van der Waals surface area (Å²) in [6.07, 6.45) is 0.853. The lowest BCUT2D eigenvalue weighted by molar-refractivity contribution is -0.122. The van der Waals surface area contributed by atoms with Crippen molar-refractivity contribution in [2.75, 3.05) is 0 Å². The number of benzene rings is 4. The van der Waals surface area contributed by atoms with Gasteiger partial charge in [0.15, 0.2) is 0 Å². The summed E-state index contributed by atoms with van der Waals surface area (Å²) < 4.78 is 0. The number of hydrogen-bond donors (Lipinski definition) is 2. The van der Waals surface area contributed by atoms with Gasteiger partial charge in [-0.25, -0.2) is 0 Å². The molecule has 3 heteroatoms. The first kappa shape index (κ1) is 22.0. The largest absolute Gasteiger partial charge is 0.507 e. The molecule has 0 saturated carbocycles. The SMILES string of the molecule is Cc1cc([C@H]2Cc3ccccc3[C@H]2NC(=O)C(c2ccccc2)c2ccccc2)cc(C)c1O. The number of hydrogen-bond acceptors (Lipinski definition) is 2. The molecule has 4 aromatic rings. The van der Waals surface area contributed by atoms with Crippen LogP contribution in [0.2, 0.25) is 0 Å². The van der Waals surface area contributed by atoms with Crippen LogP contribution in [0.3, 0.4) is 0 Å². The highest BCUT2D eigenvalue weighted by atomic mass is 16.3. The van der Waals surface area contributed by atoms with E-state index in [0.29, 0.717) is 5.75 Å². The van der Waals surface area contributed by atoms with Crippen LogP contribution in [0.1, 0.15) is 56.8 Å². The maximum atomic E-state index is 13.9. The van der Waals surface area contributed by atoms with Gasteiger partial charge in [0.1, 0.15) is 5.75 Å². The van der Waals surface area contributed by atoms with Crippen molar-refractivity contribution in [3.05, 3.63) is 136 Å². The molecule has 0 aromatic heterocycles. The summed E-state index contributed by atoms with van der Waals surface area (Å²) in [6, 6.07) is 32.3. The molecular formula is C31H29NO2. The zero-order valence-corrected chi connectivity index (χ0v) is 19.5. The molecule has 5 rings (SSSR count). The van der Waals surface area contributed by atoms with Crippen LogP contribution in [0.4, 0.5) is 0 Å². The highest BCUT2D eigenvalue weighted by molar-refractivity contribution is 5.87. The van der Waals surface area contributed by atoms with Crippen LogP contribution in [0.5, 0.6) is 5.75 Å². The van der Waals surface area contributed by atoms with Crippen LogP contribution in [0.15, 0.2) is 97.1 Å². The number of nitrogens with one attached hydrogen (secondary N) is 1. The van der Waals surface area contributed by atoms with Gasteiger partial charge >= 0.3 is 0 Å². The summed E-state index contributed by atoms with van der Waals surface area (Å²) in [7, 11) is 0. The Hall–Kier alpha value is -3.85. The average molecular weight is 448 g/mol. The lowest BCUT2D eigenvalue weighted by atomic mass is 9.87. The maximum absolute atomic E-state index is 13.9. The summed E-state index contributed by atoms with van der Waals surface area (Å²) in [5.41, 5.74) is 7.26. The van der Waals surface area contributed by atoms with Gasteiger partial charge in [-0.05, 0) is 59.2 Å². The molecule has 1 aliphatic rings. The third kappa shape index (κ3) is 4.10. The second-order valence-corrected chi connectivity index (χ2v) is 9.25. The van der Waals surface area contributed by atoms with Crippen LogP contribution in [-0.2, 0) is 11.2 Å². The summed E-state index contributed by atoms with van der Waals surface area (Å²) in [4.78, 5) is 13.9. The Morgan fingerprint density at radius 2 is 1.35 bits per heavy atom. The third-order valence-corrected chi connectivity index (χ3v) is 7.00. The van der Waals surface area contributed by atoms with E-state index < -0.39 is 0 Å². The molecular weight excluding hydrogens is 418 g/mol. The fraction of sp³-hybridized carbons (Fsp3) is 0.194. The minimum Gasteiger partial charge on any atom is -0.507 e. The smallest absolute Gasteiger partial charge is 0.232 e. The zero-order valence-electron chi connectivity index (χ0n) is 19.5. The number of fused-ring (bicyclic) bond motifs is 1. The van der Waals surface area contributed by atoms with Crippen LogP contribution in [0.25, 0.3) is 0 Å². The van der Waals surface area contributed by atoms with Gasteiger partial charge in [-0.2, -0.15) is 0 Å². The first-order valence-corrected chi connectivity index (χ1v) is 11.8. The molecule has 0 unspecified atom stereocenters. The molecule has 34 heavy (non-hydrogen) atoms. The van der Waals surface area contributed by atoms with Crippen LogP contribution in [-0.4, -0.2) is 11.0 Å². The fourth-order valence-corrected chi connectivity index (χ4v) is 5.31. The highest BCUT2D eigenvalue weighted by Gasteiger charge is 2.36. The number of carbonyl (C=O) groups is 1. The zero-order chi connectivity index (χ0) is 23.7. The Morgan fingerprint density at radius 3 is 1.94 bits per heavy atom. The quantitative estimate of drug-likeness (QED) is 0.375. The minimum atomic E-state index is -0.390. The van der Waals surface area contributed by atoms with Crippen molar-refractivity contribution in [2.45, 2.75) is 38.1 Å². The topological polar surface area (TPSA) is 49.3 Å². The molecule has 0 fully saturated rings. The van der Waals surface area contributed by atoms with E-state index in [1.807, 2.05) is 80.6 Å². The standard InChI is InChI=1S/C31H29NO2/c1-20-17-25(18-21(2)30(20)33)27-19-24-15-9-10-16-26(24)29(27)32-31(34)28(22-11-5-3-6-12-22)23-13-7-4-8-14-23/h3-18,27-29,33H,19H2,1-2H3,(H,32,34)/t27-,29-/m1/s1. The first-order chi connectivity index (χ1) is 16.5. The van der Waals surface area contributed by atoms with Crippen molar-refractivity contribution in [1.82, 2.24) is 5.32 Å². The second-order valence-electron chi connectivity index (χ2n) is 9.25. The molecule has 2 N–H and O–H groups in total. The number of carbonyl (C=O) groups excluding carboxylic acids is 1. The molecule has 170 valence electrons. The molecule has 1 aliphatic carbocycles. The van der Waals surface area contributed by atoms with Gasteiger partial charge in [0.25, 0.3) is 0 Å². The van der Waals surface area contributed by atoms with E-state index >= 15 is 0 Å². The highest BCUT2D eigenvalue weighted by Crippen LogP contribution is 2.44. The Balaban J connectivity index is 1.54. The molecule has 1 amide bonds. The summed E-state index contributed by atoms with van der Waals surface area (Å²) in [5, 5.41) is 13.7. The van der Waals surface area contributed by atoms with E-state index in [4.69, 9.17) is 0 Å². The van der Waals surface area contributed by atoms with E-state index in [0.717, 1.165) is 34.2 Å². The molecule has 0 heterocycles. The number of phenolic OH excluding ortho intramolecular Hbond substituents is 1. The van der Waals surface area contributed by atoms with E-state index in [2.05, 4.69) is 35.6 Å². The number of aromatic hydroxyl groups is 1. The maximum Gasteiger partial charge on any atom is 0.232 e. The molecule has 0 bridgehead atoms. The normalized spacial score (nSPS) is 16.9. The van der Waals surface area contributed by atoms with Crippen molar-refractivity contribution in [3.8, 4) is 5.75 Å². The van der Waals surface area contributed by atoms with Gasteiger partial charge in [0, 0.05) is 5.92 Å². The van der Waals surface area contributed by atoms with E-state index in [9.17, 15) is 9.90 Å². The van der Waals surface area contributed by atoms with Gasteiger partial charge in [-0.1, -0.05) is 97.1 Å². The summed E-state index contributed by atoms with van der Waals surface area (Å²) in [5.74, 6) is 0.0510. The van der Waals surface area contributed by atoms with Crippen LogP contribution < -0.4 is 5.32 Å². The molecule has 4 aromatic carbocycles. The first-order valence-electron chi connectivity index (χ1n) is 11.8. The Kier molecular flexibility index (Phi) is 5.93. The molecule has 2 atom stereocenters. The Bertz CT molecular complexity index is 1250. The van der Waals surface area contributed by atoms with Crippen molar-refractivity contribution in [2.24, 2.45) is 0 Å². The van der Waals surface area contributed by atoms with Crippen molar-refractivity contribution in [3.63, 3.8) is 0 Å². The predicted octanol–water partition coefficient (Wildman–Crippen LogP) is 6.34. The van der Waals surface area contributed by atoms with Gasteiger partial charge in [-0.15, -0.1) is 0 Å². The van der Waals surface area contributed by atoms with Crippen LogP contribution >= 0.6 is 0 Å². The van der Waals surface area contributed by atoms with Crippen molar-refractivity contribution < 1.29 is 9.90 Å². The molecule has 0 radical (unpaired) electrons. The Morgan fingerprint density at radius 1 is 0.824 bits per heavy atom. The fourth-order valence-electron chi connectivity index (χ4n) is 5.31. The van der Waals surface area contributed by atoms with Gasteiger partial charge in [-0.3, -0.25) is 4.79 Å². The monoisotopic (exact) mass is 447 g/mol. The van der Waals surface area contributed by atoms with E-state index in [1.54, 1.807) is 0 Å². The number of rotatable bonds is 5. The van der Waals surface area contributed by atoms with Crippen LogP contribution in [0, 0.1) is 13.8 Å². The molecule has 0 saturated heterocycles. The minimum absolute atomic E-state index is 0.00340. The lowest BCUT2D eigenvalue weighted by Gasteiger charge is -2.26. The van der Waals surface area contributed by atoms with Crippen molar-refractivity contribution >= 4 is 5.91 Å². The predicted molar refractivity (Wildman–Crippen MR) is 136 cm³/mol.